The van der Waals surface area contributed by atoms with E-state index in [4.69, 9.17) is 11.6 Å². The van der Waals surface area contributed by atoms with E-state index < -0.39 is 16.1 Å². The first-order chi connectivity index (χ1) is 13.2. The zero-order chi connectivity index (χ0) is 20.5. The van der Waals surface area contributed by atoms with Crippen LogP contribution in [0.25, 0.3) is 0 Å². The molecule has 1 N–H and O–H groups in total. The average Bonchev–Trinajstić information content (AvgIpc) is 2.65. The van der Waals surface area contributed by atoms with Crippen LogP contribution in [0, 0.1) is 20.8 Å². The summed E-state index contributed by atoms with van der Waals surface area (Å²) in [7, 11) is -3.78. The Labute approximate surface area is 171 Å². The number of sulfonamides is 1. The highest BCUT2D eigenvalue weighted by molar-refractivity contribution is 7.89. The minimum absolute atomic E-state index is 0.152. The Morgan fingerprint density at radius 3 is 2.29 bits per heavy atom. The third kappa shape index (κ3) is 4.24. The first kappa shape index (κ1) is 20.8. The molecule has 1 atom stereocenters. The monoisotopic (exact) mass is 420 g/mol. The average molecular weight is 421 g/mol. The Morgan fingerprint density at radius 1 is 1.07 bits per heavy atom. The minimum Gasteiger partial charge on any atom is -0.324 e. The number of nitrogens with one attached hydrogen (secondary N) is 1. The second kappa shape index (κ2) is 8.23. The first-order valence-corrected chi connectivity index (χ1v) is 11.2. The lowest BCUT2D eigenvalue weighted by Gasteiger charge is -2.34. The van der Waals surface area contributed by atoms with Crippen molar-refractivity contribution in [3.05, 3.63) is 58.1 Å². The molecule has 28 heavy (non-hydrogen) atoms. The van der Waals surface area contributed by atoms with Crippen LogP contribution >= 0.6 is 11.6 Å². The molecule has 0 bridgehead atoms. The van der Waals surface area contributed by atoms with Gasteiger partial charge in [-0.05, 0) is 69.0 Å². The molecule has 1 aliphatic heterocycles. The normalized spacial score (nSPS) is 18.1. The summed E-state index contributed by atoms with van der Waals surface area (Å²) in [6, 6.07) is 9.34. The second-order valence-corrected chi connectivity index (χ2v) is 9.67. The number of halogens is 1. The molecule has 7 heteroatoms. The zero-order valence-corrected chi connectivity index (χ0v) is 17.9. The standard InChI is InChI=1S/C21H25ClN2O3S/c1-14-12-15(2)20(16(3)13-14)23-21(25)19-6-4-5-11-24(19)28(26,27)18-9-7-17(22)8-10-18/h7-10,12-13,19H,4-6,11H2,1-3H3,(H,23,25)/t19-/m0/s1. The van der Waals surface area contributed by atoms with Gasteiger partial charge in [0.1, 0.15) is 6.04 Å². The molecule has 1 aliphatic rings. The number of amides is 1. The van der Waals surface area contributed by atoms with Crippen LogP contribution in [0.15, 0.2) is 41.3 Å². The molecule has 1 amide bonds. The van der Waals surface area contributed by atoms with Gasteiger partial charge in [-0.2, -0.15) is 4.31 Å². The van der Waals surface area contributed by atoms with E-state index in [0.29, 0.717) is 18.0 Å². The van der Waals surface area contributed by atoms with E-state index in [9.17, 15) is 13.2 Å². The quantitative estimate of drug-likeness (QED) is 0.794. The summed E-state index contributed by atoms with van der Waals surface area (Å²) in [5, 5.41) is 3.44. The first-order valence-electron chi connectivity index (χ1n) is 9.36. The van der Waals surface area contributed by atoms with Crippen molar-refractivity contribution in [3.8, 4) is 0 Å². The number of piperidine rings is 1. The minimum atomic E-state index is -3.78. The maximum atomic E-state index is 13.1. The van der Waals surface area contributed by atoms with Gasteiger partial charge in [-0.1, -0.05) is 35.7 Å². The lowest BCUT2D eigenvalue weighted by molar-refractivity contribution is -0.120. The summed E-state index contributed by atoms with van der Waals surface area (Å²) in [6.45, 7) is 6.22. The van der Waals surface area contributed by atoms with Crippen molar-refractivity contribution < 1.29 is 13.2 Å². The van der Waals surface area contributed by atoms with Gasteiger partial charge in [0.05, 0.1) is 4.90 Å². The van der Waals surface area contributed by atoms with Crippen LogP contribution in [0.4, 0.5) is 5.69 Å². The van der Waals surface area contributed by atoms with E-state index in [0.717, 1.165) is 35.2 Å². The lowest BCUT2D eigenvalue weighted by atomic mass is 10.0. The third-order valence-electron chi connectivity index (χ3n) is 5.10. The fourth-order valence-electron chi connectivity index (χ4n) is 3.78. The number of hydrogen-bond acceptors (Lipinski definition) is 3. The Balaban J connectivity index is 1.89. The topological polar surface area (TPSA) is 66.5 Å². The van der Waals surface area contributed by atoms with Crippen LogP contribution in [0.3, 0.4) is 0 Å². The van der Waals surface area contributed by atoms with E-state index >= 15 is 0 Å². The van der Waals surface area contributed by atoms with Gasteiger partial charge < -0.3 is 5.32 Å². The highest BCUT2D eigenvalue weighted by Gasteiger charge is 2.37. The zero-order valence-electron chi connectivity index (χ0n) is 16.3. The molecular weight excluding hydrogens is 396 g/mol. The fraction of sp³-hybridized carbons (Fsp3) is 0.381. The Morgan fingerprint density at radius 2 is 1.68 bits per heavy atom. The molecule has 3 rings (SSSR count). The molecule has 0 aromatic heterocycles. The molecule has 2 aromatic carbocycles. The largest absolute Gasteiger partial charge is 0.324 e. The predicted molar refractivity (Wildman–Crippen MR) is 112 cm³/mol. The number of benzene rings is 2. The summed E-state index contributed by atoms with van der Waals surface area (Å²) in [5.74, 6) is -0.285. The maximum absolute atomic E-state index is 13.1. The van der Waals surface area contributed by atoms with Crippen LogP contribution in [-0.2, 0) is 14.8 Å². The van der Waals surface area contributed by atoms with Crippen molar-refractivity contribution >= 4 is 33.2 Å². The van der Waals surface area contributed by atoms with Gasteiger partial charge in [0.15, 0.2) is 0 Å². The summed E-state index contributed by atoms with van der Waals surface area (Å²) in [5.41, 5.74) is 3.81. The molecule has 0 spiro atoms. The van der Waals surface area contributed by atoms with Crippen LogP contribution in [0.5, 0.6) is 0 Å². The van der Waals surface area contributed by atoms with Gasteiger partial charge in [-0.25, -0.2) is 8.42 Å². The number of aryl methyl sites for hydroxylation is 3. The van der Waals surface area contributed by atoms with E-state index in [-0.39, 0.29) is 10.8 Å². The molecule has 1 fully saturated rings. The van der Waals surface area contributed by atoms with Crippen LogP contribution in [0.1, 0.15) is 36.0 Å². The SMILES string of the molecule is Cc1cc(C)c(NC(=O)[C@@H]2CCCCN2S(=O)(=O)c2ccc(Cl)cc2)c(C)c1. The van der Waals surface area contributed by atoms with Gasteiger partial charge in [-0.3, -0.25) is 4.79 Å². The van der Waals surface area contributed by atoms with Crippen molar-refractivity contribution in [2.75, 3.05) is 11.9 Å². The van der Waals surface area contributed by atoms with E-state index in [1.54, 1.807) is 12.1 Å². The van der Waals surface area contributed by atoms with Crippen molar-refractivity contribution in [1.29, 1.82) is 0 Å². The van der Waals surface area contributed by atoms with Gasteiger partial charge >= 0.3 is 0 Å². The predicted octanol–water partition coefficient (Wildman–Crippen LogP) is 4.45. The van der Waals surface area contributed by atoms with Gasteiger partial charge in [0.25, 0.3) is 0 Å². The highest BCUT2D eigenvalue weighted by atomic mass is 35.5. The Hall–Kier alpha value is -1.89. The summed E-state index contributed by atoms with van der Waals surface area (Å²) in [6.07, 6.45) is 2.05. The van der Waals surface area contributed by atoms with Crippen molar-refractivity contribution in [2.24, 2.45) is 0 Å². The maximum Gasteiger partial charge on any atom is 0.243 e. The number of nitrogens with zero attached hydrogens (tertiary/aromatic N) is 1. The van der Waals surface area contributed by atoms with Crippen LogP contribution in [-0.4, -0.2) is 31.2 Å². The van der Waals surface area contributed by atoms with E-state index in [1.807, 2.05) is 32.9 Å². The molecule has 150 valence electrons. The molecular formula is C21H25ClN2O3S. The number of hydrogen-bond donors (Lipinski definition) is 1. The van der Waals surface area contributed by atoms with Crippen LogP contribution < -0.4 is 5.32 Å². The molecule has 0 aliphatic carbocycles. The fourth-order valence-corrected chi connectivity index (χ4v) is 5.56. The van der Waals surface area contributed by atoms with Gasteiger partial charge in [-0.15, -0.1) is 0 Å². The van der Waals surface area contributed by atoms with Crippen molar-refractivity contribution in [3.63, 3.8) is 0 Å². The second-order valence-electron chi connectivity index (χ2n) is 7.34. The molecule has 2 aromatic rings. The third-order valence-corrected chi connectivity index (χ3v) is 7.28. The molecule has 0 saturated carbocycles. The number of anilines is 1. The van der Waals surface area contributed by atoms with E-state index in [1.165, 1.54) is 16.4 Å². The number of carbonyl (C=O) groups is 1. The van der Waals surface area contributed by atoms with Crippen molar-refractivity contribution in [1.82, 2.24) is 4.31 Å². The lowest BCUT2D eigenvalue weighted by Crippen LogP contribution is -2.49. The van der Waals surface area contributed by atoms with Crippen LogP contribution in [0.2, 0.25) is 5.02 Å². The summed E-state index contributed by atoms with van der Waals surface area (Å²) >= 11 is 5.89. The van der Waals surface area contributed by atoms with E-state index in [2.05, 4.69) is 5.32 Å². The smallest absolute Gasteiger partial charge is 0.243 e. The van der Waals surface area contributed by atoms with Gasteiger partial charge in [0.2, 0.25) is 15.9 Å². The molecule has 1 heterocycles. The molecule has 1 saturated heterocycles. The molecule has 0 radical (unpaired) electrons. The summed E-state index contributed by atoms with van der Waals surface area (Å²) < 4.78 is 27.6. The highest BCUT2D eigenvalue weighted by Crippen LogP contribution is 2.28. The Bertz CT molecular complexity index is 964. The van der Waals surface area contributed by atoms with Gasteiger partial charge in [0, 0.05) is 17.3 Å². The van der Waals surface area contributed by atoms with Crippen molar-refractivity contribution in [2.45, 2.75) is 51.0 Å². The molecule has 5 nitrogen and oxygen atoms in total. The molecule has 0 unspecified atom stereocenters. The number of carbonyl (C=O) groups excluding carboxylic acids is 1. The summed E-state index contributed by atoms with van der Waals surface area (Å²) in [4.78, 5) is 13.2. The number of rotatable bonds is 4. The Kier molecular flexibility index (Phi) is 6.12.